The van der Waals surface area contributed by atoms with Crippen molar-refractivity contribution < 1.29 is 5.11 Å². The lowest BCUT2D eigenvalue weighted by Gasteiger charge is -2.08. The lowest BCUT2D eigenvalue weighted by Crippen LogP contribution is -2.12. The summed E-state index contributed by atoms with van der Waals surface area (Å²) in [5, 5.41) is 10.1. The van der Waals surface area contributed by atoms with Gasteiger partial charge in [-0.15, -0.1) is 0 Å². The van der Waals surface area contributed by atoms with Gasteiger partial charge in [-0.2, -0.15) is 0 Å². The van der Waals surface area contributed by atoms with E-state index in [4.69, 9.17) is 23.4 Å². The molecule has 1 aromatic carbocycles. The third-order valence-electron chi connectivity index (χ3n) is 1.50. The Morgan fingerprint density at radius 2 is 2.25 bits per heavy atom. The van der Waals surface area contributed by atoms with Gasteiger partial charge >= 0.3 is 0 Å². The first-order valence-corrected chi connectivity index (χ1v) is 4.26. The Hall–Kier alpha value is -0.280. The lowest BCUT2D eigenvalue weighted by molar-refractivity contribution is 0.182. The maximum atomic E-state index is 9.44. The Morgan fingerprint density at radius 1 is 1.50 bits per heavy atom. The van der Waals surface area contributed by atoms with Gasteiger partial charge in [-0.1, -0.05) is 23.7 Å². The fourth-order valence-corrected chi connectivity index (χ4v) is 1.25. The topological polar surface area (TPSA) is 32.3 Å². The quantitative estimate of drug-likeness (QED) is 0.742. The first-order chi connectivity index (χ1) is 5.74. The Bertz CT molecular complexity index is 255. The molecule has 0 heterocycles. The first kappa shape index (κ1) is 9.81. The van der Waals surface area contributed by atoms with Crippen molar-refractivity contribution in [2.45, 2.75) is 6.10 Å². The molecule has 2 N–H and O–H groups in total. The maximum absolute atomic E-state index is 9.44. The molecule has 1 unspecified atom stereocenters. The van der Waals surface area contributed by atoms with Crippen LogP contribution in [0.4, 0.5) is 0 Å². The largest absolute Gasteiger partial charge is 0.387 e. The van der Waals surface area contributed by atoms with Crippen LogP contribution in [0.1, 0.15) is 11.7 Å². The number of halogens is 2. The molecule has 66 valence electrons. The van der Waals surface area contributed by atoms with Gasteiger partial charge in [0.1, 0.15) is 0 Å². The van der Waals surface area contributed by atoms with Crippen LogP contribution >= 0.6 is 23.4 Å². The Balaban J connectivity index is 2.73. The van der Waals surface area contributed by atoms with Crippen molar-refractivity contribution in [3.63, 3.8) is 0 Å². The maximum Gasteiger partial charge on any atom is 0.0928 e. The van der Waals surface area contributed by atoms with Crippen molar-refractivity contribution in [1.82, 2.24) is 4.84 Å². The van der Waals surface area contributed by atoms with Crippen molar-refractivity contribution in [1.29, 1.82) is 0 Å². The smallest absolute Gasteiger partial charge is 0.0928 e. The van der Waals surface area contributed by atoms with Crippen LogP contribution in [-0.4, -0.2) is 11.7 Å². The highest BCUT2D eigenvalue weighted by Crippen LogP contribution is 2.16. The molecule has 0 aliphatic heterocycles. The summed E-state index contributed by atoms with van der Waals surface area (Å²) in [4.78, 5) is 2.36. The molecule has 0 aliphatic rings. The van der Waals surface area contributed by atoms with Crippen LogP contribution in [0, 0.1) is 0 Å². The molecule has 0 fully saturated rings. The summed E-state index contributed by atoms with van der Waals surface area (Å²) in [5.41, 5.74) is 0.760. The van der Waals surface area contributed by atoms with Crippen LogP contribution in [0.5, 0.6) is 0 Å². The highest BCUT2D eigenvalue weighted by Gasteiger charge is 2.05. The minimum absolute atomic E-state index is 0.307. The monoisotopic (exact) mass is 205 g/mol. The van der Waals surface area contributed by atoms with E-state index < -0.39 is 6.10 Å². The zero-order chi connectivity index (χ0) is 8.97. The van der Waals surface area contributed by atoms with Gasteiger partial charge in [0.2, 0.25) is 0 Å². The second-order valence-electron chi connectivity index (χ2n) is 2.41. The van der Waals surface area contributed by atoms with Crippen molar-refractivity contribution in [2.75, 3.05) is 6.54 Å². The highest BCUT2D eigenvalue weighted by molar-refractivity contribution is 6.30. The van der Waals surface area contributed by atoms with Gasteiger partial charge in [0.05, 0.1) is 6.10 Å². The molecule has 2 nitrogen and oxygen atoms in total. The summed E-state index contributed by atoms with van der Waals surface area (Å²) < 4.78 is 0. The summed E-state index contributed by atoms with van der Waals surface area (Å²) >= 11 is 11.0. The molecule has 0 spiro atoms. The van der Waals surface area contributed by atoms with Gasteiger partial charge in [-0.25, -0.2) is 4.84 Å². The van der Waals surface area contributed by atoms with Gasteiger partial charge in [-0.3, -0.25) is 0 Å². The van der Waals surface area contributed by atoms with Gasteiger partial charge < -0.3 is 5.11 Å². The zero-order valence-corrected chi connectivity index (χ0v) is 7.81. The van der Waals surface area contributed by atoms with Crippen LogP contribution in [0.3, 0.4) is 0 Å². The van der Waals surface area contributed by atoms with Crippen LogP contribution < -0.4 is 4.84 Å². The molecule has 1 atom stereocenters. The van der Waals surface area contributed by atoms with Gasteiger partial charge in [0, 0.05) is 11.6 Å². The summed E-state index contributed by atoms with van der Waals surface area (Å²) in [6.07, 6.45) is -0.610. The predicted molar refractivity (Wildman–Crippen MR) is 50.3 cm³/mol. The normalized spacial score (nSPS) is 12.9. The minimum atomic E-state index is -0.610. The van der Waals surface area contributed by atoms with Crippen LogP contribution in [0.25, 0.3) is 0 Å². The predicted octanol–water partition coefficient (Wildman–Crippen LogP) is 2.12. The number of hydrogen-bond donors (Lipinski definition) is 2. The average Bonchev–Trinajstić information content (AvgIpc) is 2.05. The van der Waals surface area contributed by atoms with E-state index in [9.17, 15) is 5.11 Å². The highest BCUT2D eigenvalue weighted by atomic mass is 35.5. The number of aliphatic hydroxyl groups is 1. The fraction of sp³-hybridized carbons (Fsp3) is 0.250. The van der Waals surface area contributed by atoms with Gasteiger partial charge in [-0.05, 0) is 29.5 Å². The van der Waals surface area contributed by atoms with Crippen LogP contribution in [0.2, 0.25) is 5.02 Å². The van der Waals surface area contributed by atoms with Crippen molar-refractivity contribution in [3.8, 4) is 0 Å². The molecule has 4 heteroatoms. The van der Waals surface area contributed by atoms with Gasteiger partial charge in [0.25, 0.3) is 0 Å². The molecule has 12 heavy (non-hydrogen) atoms. The van der Waals surface area contributed by atoms with Gasteiger partial charge in [0.15, 0.2) is 0 Å². The van der Waals surface area contributed by atoms with Crippen molar-refractivity contribution >= 4 is 23.4 Å². The Morgan fingerprint density at radius 3 is 2.83 bits per heavy atom. The van der Waals surface area contributed by atoms with E-state index in [2.05, 4.69) is 4.84 Å². The number of hydrogen-bond acceptors (Lipinski definition) is 2. The minimum Gasteiger partial charge on any atom is -0.387 e. The molecule has 0 amide bonds. The second kappa shape index (κ2) is 4.67. The van der Waals surface area contributed by atoms with Crippen LogP contribution in [-0.2, 0) is 0 Å². The number of aliphatic hydroxyl groups excluding tert-OH is 1. The molecule has 1 aromatic rings. The molecule has 0 aliphatic carbocycles. The Labute approximate surface area is 81.2 Å². The zero-order valence-electron chi connectivity index (χ0n) is 6.30. The molecule has 0 bridgehead atoms. The van der Waals surface area contributed by atoms with E-state index in [1.807, 2.05) is 0 Å². The summed E-state index contributed by atoms with van der Waals surface area (Å²) in [5.74, 6) is 0. The molecule has 0 saturated carbocycles. The third kappa shape index (κ3) is 2.64. The second-order valence-corrected chi connectivity index (χ2v) is 3.11. The third-order valence-corrected chi connectivity index (χ3v) is 1.89. The standard InChI is InChI=1S/C8H9Cl2NO/c9-7-3-1-2-6(4-7)8(12)5-11-10/h1-4,8,11-12H,5H2. The van der Waals surface area contributed by atoms with E-state index in [0.717, 1.165) is 5.56 Å². The molecule has 0 saturated heterocycles. The average molecular weight is 206 g/mol. The van der Waals surface area contributed by atoms with E-state index in [1.165, 1.54) is 0 Å². The van der Waals surface area contributed by atoms with Crippen molar-refractivity contribution in [3.05, 3.63) is 34.9 Å². The summed E-state index contributed by atoms with van der Waals surface area (Å²) in [6, 6.07) is 7.05. The van der Waals surface area contributed by atoms with Crippen LogP contribution in [0.15, 0.2) is 24.3 Å². The first-order valence-electron chi connectivity index (χ1n) is 3.51. The molecule has 0 aromatic heterocycles. The fourth-order valence-electron chi connectivity index (χ4n) is 0.905. The number of benzene rings is 1. The van der Waals surface area contributed by atoms with E-state index in [1.54, 1.807) is 24.3 Å². The molecular weight excluding hydrogens is 197 g/mol. The molecule has 1 rings (SSSR count). The summed E-state index contributed by atoms with van der Waals surface area (Å²) in [6.45, 7) is 0.307. The summed E-state index contributed by atoms with van der Waals surface area (Å²) in [7, 11) is 0. The number of nitrogens with one attached hydrogen (secondary N) is 1. The van der Waals surface area contributed by atoms with Crippen molar-refractivity contribution in [2.24, 2.45) is 0 Å². The van der Waals surface area contributed by atoms with E-state index in [-0.39, 0.29) is 0 Å². The SMILES string of the molecule is OC(CNCl)c1cccc(Cl)c1. The lowest BCUT2D eigenvalue weighted by atomic mass is 10.1. The molecule has 0 radical (unpaired) electrons. The number of rotatable bonds is 3. The Kier molecular flexibility index (Phi) is 3.82. The van der Waals surface area contributed by atoms with E-state index in [0.29, 0.717) is 11.6 Å². The molecular formula is C8H9Cl2NO. The van der Waals surface area contributed by atoms with E-state index >= 15 is 0 Å².